The van der Waals surface area contributed by atoms with E-state index in [0.29, 0.717) is 12.4 Å². The van der Waals surface area contributed by atoms with Crippen LogP contribution in [0.4, 0.5) is 5.69 Å². The van der Waals surface area contributed by atoms with E-state index in [4.69, 9.17) is 4.74 Å². The van der Waals surface area contributed by atoms with Gasteiger partial charge in [-0.1, -0.05) is 0 Å². The smallest absolute Gasteiger partial charge is 0.143 e. The number of fused-ring (bicyclic) bond motifs is 1. The van der Waals surface area contributed by atoms with Gasteiger partial charge in [0.1, 0.15) is 12.4 Å². The second-order valence-electron chi connectivity index (χ2n) is 3.13. The van der Waals surface area contributed by atoms with Crippen LogP contribution in [0.1, 0.15) is 0 Å². The fourth-order valence-corrected chi connectivity index (χ4v) is 1.82. The topological polar surface area (TPSA) is 52.6 Å². The van der Waals surface area contributed by atoms with Crippen LogP contribution in [0.25, 0.3) is 0 Å². The molecule has 0 spiro atoms. The van der Waals surface area contributed by atoms with Gasteiger partial charge >= 0.3 is 0 Å². The van der Waals surface area contributed by atoms with Crippen LogP contribution in [-0.4, -0.2) is 29.0 Å². The minimum absolute atomic E-state index is 0.263. The average molecular weight is 212 g/mol. The van der Waals surface area contributed by atoms with Crippen molar-refractivity contribution in [1.29, 1.82) is 0 Å². The molecule has 1 unspecified atom stereocenters. The van der Waals surface area contributed by atoms with E-state index in [-0.39, 0.29) is 4.90 Å². The Hall–Kier alpha value is -1.07. The van der Waals surface area contributed by atoms with Crippen molar-refractivity contribution in [2.75, 3.05) is 25.1 Å². The lowest BCUT2D eigenvalue weighted by molar-refractivity contribution is 0.310. The van der Waals surface area contributed by atoms with Gasteiger partial charge in [-0.05, 0) is 29.3 Å². The fraction of sp³-hybridized carbons (Fsp3) is 0.333. The molecule has 1 aromatic rings. The van der Waals surface area contributed by atoms with E-state index in [2.05, 4.69) is 0 Å². The standard InChI is InChI=1S/C9H11NO3S/c1-10-4-5-13-9-6-7(14(11)12)2-3-8(9)10/h2-3,6H,4-5H2,1H3,(H,11,12)/p-1. The lowest BCUT2D eigenvalue weighted by Gasteiger charge is -2.28. The Bertz CT molecular complexity index is 380. The van der Waals surface area contributed by atoms with Gasteiger partial charge < -0.3 is 14.2 Å². The van der Waals surface area contributed by atoms with Crippen LogP contribution in [-0.2, 0) is 11.1 Å². The summed E-state index contributed by atoms with van der Waals surface area (Å²) in [5, 5.41) is 0. The van der Waals surface area contributed by atoms with Gasteiger partial charge in [0.15, 0.2) is 0 Å². The maximum atomic E-state index is 10.7. The number of benzene rings is 1. The zero-order valence-corrected chi connectivity index (χ0v) is 8.54. The Morgan fingerprint density at radius 1 is 1.57 bits per heavy atom. The second kappa shape index (κ2) is 3.59. The first-order chi connectivity index (χ1) is 6.68. The number of likely N-dealkylation sites (N-methyl/N-ethyl adjacent to an activating group) is 1. The van der Waals surface area contributed by atoms with Crippen LogP contribution >= 0.6 is 0 Å². The van der Waals surface area contributed by atoms with Crippen LogP contribution in [0.5, 0.6) is 5.75 Å². The van der Waals surface area contributed by atoms with E-state index in [1.165, 1.54) is 0 Å². The molecule has 0 saturated carbocycles. The van der Waals surface area contributed by atoms with Crippen LogP contribution in [0.3, 0.4) is 0 Å². The third kappa shape index (κ3) is 1.60. The second-order valence-corrected chi connectivity index (χ2v) is 4.08. The Morgan fingerprint density at radius 2 is 2.36 bits per heavy atom. The van der Waals surface area contributed by atoms with E-state index >= 15 is 0 Å². The summed E-state index contributed by atoms with van der Waals surface area (Å²) in [5.41, 5.74) is 0.936. The molecule has 1 aliphatic heterocycles. The summed E-state index contributed by atoms with van der Waals surface area (Å²) in [4.78, 5) is 2.30. The zero-order chi connectivity index (χ0) is 10.1. The highest BCUT2D eigenvalue weighted by Gasteiger charge is 2.14. The summed E-state index contributed by atoms with van der Waals surface area (Å²) < 4.78 is 26.8. The van der Waals surface area contributed by atoms with Gasteiger partial charge in [-0.15, -0.1) is 0 Å². The quantitative estimate of drug-likeness (QED) is 0.645. The van der Waals surface area contributed by atoms with Crippen molar-refractivity contribution < 1.29 is 13.5 Å². The predicted molar refractivity (Wildman–Crippen MR) is 52.4 cm³/mol. The van der Waals surface area contributed by atoms with Crippen molar-refractivity contribution in [3.63, 3.8) is 0 Å². The monoisotopic (exact) mass is 212 g/mol. The number of ether oxygens (including phenoxy) is 1. The number of anilines is 1. The molecule has 1 atom stereocenters. The number of rotatable bonds is 1. The summed E-state index contributed by atoms with van der Waals surface area (Å²) in [6.07, 6.45) is 0. The number of hydrogen-bond donors (Lipinski definition) is 0. The van der Waals surface area contributed by atoms with Gasteiger partial charge in [-0.2, -0.15) is 0 Å². The minimum atomic E-state index is -2.19. The first-order valence-electron chi connectivity index (χ1n) is 4.26. The SMILES string of the molecule is CN1CCOc2cc(S(=O)[O-])ccc21. The molecule has 0 aromatic heterocycles. The fourth-order valence-electron chi connectivity index (χ4n) is 1.44. The molecule has 1 aromatic carbocycles. The van der Waals surface area contributed by atoms with Gasteiger partial charge in [-0.3, -0.25) is 4.21 Å². The molecule has 0 fully saturated rings. The molecule has 5 heteroatoms. The highest BCUT2D eigenvalue weighted by Crippen LogP contribution is 2.31. The summed E-state index contributed by atoms with van der Waals surface area (Å²) >= 11 is -2.19. The molecule has 0 N–H and O–H groups in total. The maximum Gasteiger partial charge on any atom is 0.143 e. The Morgan fingerprint density at radius 3 is 3.07 bits per heavy atom. The van der Waals surface area contributed by atoms with Crippen molar-refractivity contribution in [3.05, 3.63) is 18.2 Å². The first kappa shape index (κ1) is 9.48. The molecule has 0 aliphatic carbocycles. The zero-order valence-electron chi connectivity index (χ0n) is 7.73. The van der Waals surface area contributed by atoms with Crippen molar-refractivity contribution in [2.45, 2.75) is 4.90 Å². The molecule has 0 radical (unpaired) electrons. The van der Waals surface area contributed by atoms with E-state index in [1.807, 2.05) is 11.9 Å². The molecule has 76 valence electrons. The van der Waals surface area contributed by atoms with Crippen LogP contribution in [0.2, 0.25) is 0 Å². The van der Waals surface area contributed by atoms with Crippen LogP contribution < -0.4 is 9.64 Å². The highest BCUT2D eigenvalue weighted by molar-refractivity contribution is 7.79. The molecule has 0 bridgehead atoms. The normalized spacial score (nSPS) is 17.1. The molecule has 1 heterocycles. The largest absolute Gasteiger partial charge is 0.768 e. The maximum absolute atomic E-state index is 10.7. The Kier molecular flexibility index (Phi) is 2.43. The third-order valence-corrected chi connectivity index (χ3v) is 2.86. The molecular formula is C9H10NO3S-. The molecule has 4 nitrogen and oxygen atoms in total. The van der Waals surface area contributed by atoms with E-state index in [1.54, 1.807) is 18.2 Å². The summed E-state index contributed by atoms with van der Waals surface area (Å²) in [5.74, 6) is 0.639. The lowest BCUT2D eigenvalue weighted by Crippen LogP contribution is -2.28. The molecule has 2 rings (SSSR count). The van der Waals surface area contributed by atoms with E-state index < -0.39 is 11.1 Å². The molecule has 1 aliphatic rings. The lowest BCUT2D eigenvalue weighted by atomic mass is 10.2. The minimum Gasteiger partial charge on any atom is -0.768 e. The van der Waals surface area contributed by atoms with Crippen molar-refractivity contribution >= 4 is 16.8 Å². The summed E-state index contributed by atoms with van der Waals surface area (Å²) in [6, 6.07) is 4.89. The summed E-state index contributed by atoms with van der Waals surface area (Å²) in [7, 11) is 1.95. The Labute approximate surface area is 84.8 Å². The van der Waals surface area contributed by atoms with Crippen LogP contribution in [0, 0.1) is 0 Å². The van der Waals surface area contributed by atoms with E-state index in [0.717, 1.165) is 12.2 Å². The highest BCUT2D eigenvalue weighted by atomic mass is 32.2. The van der Waals surface area contributed by atoms with Crippen molar-refractivity contribution in [1.82, 2.24) is 0 Å². The van der Waals surface area contributed by atoms with Gasteiger partial charge in [0.25, 0.3) is 0 Å². The van der Waals surface area contributed by atoms with Gasteiger partial charge in [0, 0.05) is 11.9 Å². The van der Waals surface area contributed by atoms with Crippen molar-refractivity contribution in [3.8, 4) is 5.75 Å². The van der Waals surface area contributed by atoms with E-state index in [9.17, 15) is 8.76 Å². The molecule has 0 saturated heterocycles. The average Bonchev–Trinajstić information content (AvgIpc) is 2.17. The van der Waals surface area contributed by atoms with Gasteiger partial charge in [0.05, 0.1) is 12.2 Å². The Balaban J connectivity index is 2.44. The predicted octanol–water partition coefficient (Wildman–Crippen LogP) is 0.753. The van der Waals surface area contributed by atoms with Gasteiger partial charge in [-0.25, -0.2) is 0 Å². The van der Waals surface area contributed by atoms with Crippen LogP contribution in [0.15, 0.2) is 23.1 Å². The molecule has 0 amide bonds. The number of nitrogens with zero attached hydrogens (tertiary/aromatic N) is 1. The van der Waals surface area contributed by atoms with Crippen molar-refractivity contribution in [2.24, 2.45) is 0 Å². The molecule has 14 heavy (non-hydrogen) atoms. The summed E-state index contributed by atoms with van der Waals surface area (Å²) in [6.45, 7) is 1.42. The third-order valence-electron chi connectivity index (χ3n) is 2.22. The molecular weight excluding hydrogens is 202 g/mol. The number of hydrogen-bond acceptors (Lipinski definition) is 4. The first-order valence-corrected chi connectivity index (χ1v) is 5.33. The van der Waals surface area contributed by atoms with Gasteiger partial charge in [0.2, 0.25) is 0 Å².